The molecule has 0 spiro atoms. The van der Waals surface area contributed by atoms with Gasteiger partial charge in [-0.25, -0.2) is 0 Å². The minimum absolute atomic E-state index is 0.206. The number of nitrogens with two attached hydrogens (primary N) is 1. The first-order chi connectivity index (χ1) is 12.8. The van der Waals surface area contributed by atoms with Gasteiger partial charge in [-0.3, -0.25) is 4.55 Å². The second-order valence-corrected chi connectivity index (χ2v) is 7.11. The number of fused-ring (bicyclic) bond motifs is 1. The molecule has 3 aromatic carbocycles. The van der Waals surface area contributed by atoms with E-state index < -0.39 is 10.1 Å². The van der Waals surface area contributed by atoms with Crippen molar-refractivity contribution in [1.82, 2.24) is 0 Å². The molecule has 8 nitrogen and oxygen atoms in total. The van der Waals surface area contributed by atoms with Crippen molar-refractivity contribution < 1.29 is 22.8 Å². The summed E-state index contributed by atoms with van der Waals surface area (Å²) in [6.07, 6.45) is 0. The summed E-state index contributed by atoms with van der Waals surface area (Å²) in [6, 6.07) is 12.5. The Balaban J connectivity index is 2.07. The van der Waals surface area contributed by atoms with Crippen LogP contribution in [0.1, 0.15) is 5.56 Å². The lowest BCUT2D eigenvalue weighted by atomic mass is 10.1. The van der Waals surface area contributed by atoms with Gasteiger partial charge in [-0.05, 0) is 29.7 Å². The lowest BCUT2D eigenvalue weighted by molar-refractivity contribution is 0.282. The molecule has 0 atom stereocenters. The van der Waals surface area contributed by atoms with E-state index in [2.05, 4.69) is 10.2 Å². The van der Waals surface area contributed by atoms with E-state index in [-0.39, 0.29) is 11.5 Å². The zero-order valence-electron chi connectivity index (χ0n) is 14.3. The molecule has 0 aliphatic heterocycles. The van der Waals surface area contributed by atoms with E-state index in [1.807, 2.05) is 0 Å². The molecule has 0 heterocycles. The van der Waals surface area contributed by atoms with Crippen LogP contribution in [-0.2, 0) is 16.7 Å². The number of nitrogens with zero attached hydrogens (tertiary/aromatic N) is 2. The lowest BCUT2D eigenvalue weighted by Gasteiger charge is -2.08. The Morgan fingerprint density at radius 1 is 1.11 bits per heavy atom. The number of hydrogen-bond donors (Lipinski definition) is 3. The molecule has 0 unspecified atom stereocenters. The van der Waals surface area contributed by atoms with Crippen LogP contribution in [0.2, 0.25) is 0 Å². The van der Waals surface area contributed by atoms with Crippen LogP contribution in [0.5, 0.6) is 5.75 Å². The van der Waals surface area contributed by atoms with E-state index in [0.717, 1.165) is 0 Å². The average Bonchev–Trinajstić information content (AvgIpc) is 2.65. The second kappa shape index (κ2) is 7.31. The maximum Gasteiger partial charge on any atom is 0.295 e. The molecule has 0 aliphatic rings. The Hall–Kier alpha value is -3.01. The van der Waals surface area contributed by atoms with Crippen LogP contribution in [0.15, 0.2) is 63.7 Å². The maximum absolute atomic E-state index is 11.6. The van der Waals surface area contributed by atoms with Gasteiger partial charge in [-0.2, -0.15) is 18.6 Å². The smallest absolute Gasteiger partial charge is 0.295 e. The predicted molar refractivity (Wildman–Crippen MR) is 101 cm³/mol. The highest BCUT2D eigenvalue weighted by Crippen LogP contribution is 2.33. The fourth-order valence-electron chi connectivity index (χ4n) is 2.66. The zero-order chi connectivity index (χ0) is 19.6. The van der Waals surface area contributed by atoms with Gasteiger partial charge in [0.1, 0.15) is 10.6 Å². The van der Waals surface area contributed by atoms with Crippen LogP contribution in [-0.4, -0.2) is 25.2 Å². The van der Waals surface area contributed by atoms with Crippen molar-refractivity contribution in [1.29, 1.82) is 0 Å². The standard InChI is InChI=1S/C18H17N3O5S/c1-26-17-9-16(12(10-22)7-15(17)19)21-20-13-6-5-11-3-2-4-18(14(11)8-13)27(23,24)25/h2-9,22H,10,19H2,1H3,(H,23,24,25). The van der Waals surface area contributed by atoms with Crippen LogP contribution in [0.3, 0.4) is 0 Å². The number of aliphatic hydroxyl groups is 1. The van der Waals surface area contributed by atoms with Gasteiger partial charge in [0.15, 0.2) is 0 Å². The van der Waals surface area contributed by atoms with Gasteiger partial charge in [0.25, 0.3) is 10.1 Å². The van der Waals surface area contributed by atoms with Gasteiger partial charge in [0.05, 0.1) is 30.8 Å². The third-order valence-corrected chi connectivity index (χ3v) is 4.89. The molecule has 0 saturated carbocycles. The zero-order valence-corrected chi connectivity index (χ0v) is 15.1. The van der Waals surface area contributed by atoms with E-state index in [4.69, 9.17) is 10.5 Å². The van der Waals surface area contributed by atoms with Gasteiger partial charge in [0.2, 0.25) is 0 Å². The Kier molecular flexibility index (Phi) is 5.08. The summed E-state index contributed by atoms with van der Waals surface area (Å²) >= 11 is 0. The van der Waals surface area contributed by atoms with E-state index in [1.165, 1.54) is 19.2 Å². The summed E-state index contributed by atoms with van der Waals surface area (Å²) in [5.41, 5.74) is 7.39. The summed E-state index contributed by atoms with van der Waals surface area (Å²) in [4.78, 5) is -0.206. The van der Waals surface area contributed by atoms with Gasteiger partial charge < -0.3 is 15.6 Å². The first-order valence-corrected chi connectivity index (χ1v) is 9.26. The molecule has 0 amide bonds. The number of benzene rings is 3. The molecule has 140 valence electrons. The van der Waals surface area contributed by atoms with Crippen molar-refractivity contribution in [2.45, 2.75) is 11.5 Å². The highest BCUT2D eigenvalue weighted by atomic mass is 32.2. The monoisotopic (exact) mass is 387 g/mol. The van der Waals surface area contributed by atoms with E-state index in [9.17, 15) is 18.1 Å². The molecule has 0 aliphatic carbocycles. The molecule has 0 saturated heterocycles. The number of anilines is 1. The van der Waals surface area contributed by atoms with Crippen LogP contribution in [0.4, 0.5) is 17.1 Å². The fourth-order valence-corrected chi connectivity index (χ4v) is 3.37. The van der Waals surface area contributed by atoms with Gasteiger partial charge in [-0.1, -0.05) is 18.2 Å². The van der Waals surface area contributed by atoms with E-state index in [0.29, 0.717) is 39.1 Å². The van der Waals surface area contributed by atoms with Gasteiger partial charge >= 0.3 is 0 Å². The van der Waals surface area contributed by atoms with Crippen molar-refractivity contribution in [3.05, 3.63) is 54.1 Å². The van der Waals surface area contributed by atoms with E-state index >= 15 is 0 Å². The maximum atomic E-state index is 11.6. The third kappa shape index (κ3) is 3.90. The normalized spacial score (nSPS) is 12.0. The largest absolute Gasteiger partial charge is 0.495 e. The number of nitrogen functional groups attached to an aromatic ring is 1. The fraction of sp³-hybridized carbons (Fsp3) is 0.111. The molecule has 0 aromatic heterocycles. The molecule has 4 N–H and O–H groups in total. The molecule has 0 radical (unpaired) electrons. The Morgan fingerprint density at radius 3 is 2.56 bits per heavy atom. The summed E-state index contributed by atoms with van der Waals surface area (Å²) in [7, 11) is -2.91. The van der Waals surface area contributed by atoms with Crippen molar-refractivity contribution in [2.75, 3.05) is 12.8 Å². The van der Waals surface area contributed by atoms with Crippen LogP contribution in [0.25, 0.3) is 10.8 Å². The van der Waals surface area contributed by atoms with Crippen LogP contribution in [0, 0.1) is 0 Å². The molecule has 0 fully saturated rings. The van der Waals surface area contributed by atoms with Crippen molar-refractivity contribution in [3.8, 4) is 5.75 Å². The molecule has 3 rings (SSSR count). The molecule has 27 heavy (non-hydrogen) atoms. The van der Waals surface area contributed by atoms with Gasteiger partial charge in [0, 0.05) is 17.0 Å². The topological polar surface area (TPSA) is 135 Å². The second-order valence-electron chi connectivity index (χ2n) is 5.72. The Bertz CT molecular complexity index is 1140. The summed E-state index contributed by atoms with van der Waals surface area (Å²) in [5.74, 6) is 0.397. The average molecular weight is 387 g/mol. The van der Waals surface area contributed by atoms with Crippen LogP contribution < -0.4 is 10.5 Å². The molecule has 3 aromatic rings. The highest BCUT2D eigenvalue weighted by molar-refractivity contribution is 7.86. The highest BCUT2D eigenvalue weighted by Gasteiger charge is 2.14. The van der Waals surface area contributed by atoms with Crippen molar-refractivity contribution >= 4 is 38.0 Å². The van der Waals surface area contributed by atoms with E-state index in [1.54, 1.807) is 36.4 Å². The lowest BCUT2D eigenvalue weighted by Crippen LogP contribution is -1.98. The number of ether oxygens (including phenoxy) is 1. The number of hydrogen-bond acceptors (Lipinski definition) is 7. The Morgan fingerprint density at radius 2 is 1.89 bits per heavy atom. The number of aliphatic hydroxyl groups excluding tert-OH is 1. The molecular formula is C18H17N3O5S. The number of rotatable bonds is 5. The first-order valence-electron chi connectivity index (χ1n) is 7.82. The summed E-state index contributed by atoms with van der Waals surface area (Å²) < 4.78 is 37.7. The number of methoxy groups -OCH3 is 1. The minimum atomic E-state index is -4.37. The molecular weight excluding hydrogens is 370 g/mol. The summed E-state index contributed by atoms with van der Waals surface area (Å²) in [5, 5.41) is 18.7. The predicted octanol–water partition coefficient (Wildman–Crippen LogP) is 3.59. The minimum Gasteiger partial charge on any atom is -0.495 e. The van der Waals surface area contributed by atoms with Crippen LogP contribution >= 0.6 is 0 Å². The van der Waals surface area contributed by atoms with Gasteiger partial charge in [-0.15, -0.1) is 0 Å². The van der Waals surface area contributed by atoms with Crippen molar-refractivity contribution in [3.63, 3.8) is 0 Å². The first kappa shape index (κ1) is 18.8. The Labute approximate surface area is 155 Å². The number of azo groups is 1. The summed E-state index contributed by atoms with van der Waals surface area (Å²) in [6.45, 7) is -0.285. The molecule has 9 heteroatoms. The quantitative estimate of drug-likeness (QED) is 0.348. The van der Waals surface area contributed by atoms with Crippen molar-refractivity contribution in [2.24, 2.45) is 10.2 Å². The third-order valence-electron chi connectivity index (χ3n) is 3.98. The SMILES string of the molecule is COc1cc(N=Nc2ccc3cccc(S(=O)(=O)O)c3c2)c(CO)cc1N. The molecule has 0 bridgehead atoms.